The highest BCUT2D eigenvalue weighted by molar-refractivity contribution is 6.31. The summed E-state index contributed by atoms with van der Waals surface area (Å²) in [5.41, 5.74) is 2.91. The van der Waals surface area contributed by atoms with Crippen molar-refractivity contribution in [2.24, 2.45) is 0 Å². The third kappa shape index (κ3) is 4.26. The molecule has 1 aliphatic rings. The third-order valence-corrected chi connectivity index (χ3v) is 6.43. The summed E-state index contributed by atoms with van der Waals surface area (Å²) in [6, 6.07) is 15.1. The van der Waals surface area contributed by atoms with Crippen molar-refractivity contribution >= 4 is 28.7 Å². The number of likely N-dealkylation sites (tertiary alicyclic amines) is 1. The summed E-state index contributed by atoms with van der Waals surface area (Å²) < 4.78 is 1.59. The molecule has 0 aliphatic carbocycles. The summed E-state index contributed by atoms with van der Waals surface area (Å²) in [4.78, 5) is 35.2. The maximum absolute atomic E-state index is 13.0. The summed E-state index contributed by atoms with van der Waals surface area (Å²) in [6.45, 7) is 3.53. The number of carbonyl (C=O) groups excluding carboxylic acids is 1. The van der Waals surface area contributed by atoms with Crippen molar-refractivity contribution < 1.29 is 4.79 Å². The monoisotopic (exact) mass is 462 g/mol. The van der Waals surface area contributed by atoms with Crippen LogP contribution in [-0.2, 0) is 6.54 Å². The van der Waals surface area contributed by atoms with Crippen molar-refractivity contribution in [3.63, 3.8) is 0 Å². The number of nitrogens with one attached hydrogen (secondary N) is 1. The van der Waals surface area contributed by atoms with E-state index in [1.165, 1.54) is 0 Å². The molecule has 0 radical (unpaired) electrons. The lowest BCUT2D eigenvalue weighted by Crippen LogP contribution is -2.40. The van der Waals surface area contributed by atoms with Crippen LogP contribution in [0.25, 0.3) is 11.2 Å². The van der Waals surface area contributed by atoms with Gasteiger partial charge in [0.15, 0.2) is 11.2 Å². The molecule has 0 spiro atoms. The molecule has 1 fully saturated rings. The molecule has 1 amide bonds. The number of nitrogens with zero attached hydrogens (tertiary/aromatic N) is 5. The number of fused-ring (bicyclic) bond motifs is 1. The van der Waals surface area contributed by atoms with E-state index in [2.05, 4.69) is 15.3 Å². The highest BCUT2D eigenvalue weighted by atomic mass is 35.5. The van der Waals surface area contributed by atoms with Gasteiger partial charge in [-0.25, -0.2) is 9.67 Å². The standard InChI is InChI=1S/C24H23ClN6O2/c1-15-8-10-16(11-9-15)24(33)30-12-4-6-18(13-30)21-26-22-20(23(32)27-21)28-29-31(22)14-17-5-2-3-7-19(17)25/h2-3,5,7-11,18H,4,6,12-14H2,1H3,(H,26,27,32)/t18-/m0/s1. The number of piperidine rings is 1. The zero-order valence-electron chi connectivity index (χ0n) is 18.2. The van der Waals surface area contributed by atoms with E-state index >= 15 is 0 Å². The van der Waals surface area contributed by atoms with E-state index in [9.17, 15) is 9.59 Å². The second-order valence-corrected chi connectivity index (χ2v) is 8.83. The van der Waals surface area contributed by atoms with Crippen LogP contribution in [0.2, 0.25) is 5.02 Å². The van der Waals surface area contributed by atoms with Gasteiger partial charge in [0.2, 0.25) is 0 Å². The lowest BCUT2D eigenvalue weighted by Gasteiger charge is -2.32. The third-order valence-electron chi connectivity index (χ3n) is 6.06. The van der Waals surface area contributed by atoms with Gasteiger partial charge in [0, 0.05) is 29.6 Å². The summed E-state index contributed by atoms with van der Waals surface area (Å²) in [6.07, 6.45) is 1.67. The fourth-order valence-electron chi connectivity index (χ4n) is 4.23. The number of rotatable bonds is 4. The molecule has 8 nitrogen and oxygen atoms in total. The van der Waals surface area contributed by atoms with Gasteiger partial charge in [-0.1, -0.05) is 52.7 Å². The Morgan fingerprint density at radius 2 is 1.97 bits per heavy atom. The second-order valence-electron chi connectivity index (χ2n) is 8.42. The molecule has 0 bridgehead atoms. The van der Waals surface area contributed by atoms with Crippen LogP contribution in [0.4, 0.5) is 0 Å². The van der Waals surface area contributed by atoms with Crippen LogP contribution in [0.1, 0.15) is 46.1 Å². The fraction of sp³-hybridized carbons (Fsp3) is 0.292. The smallest absolute Gasteiger partial charge is 0.281 e. The topological polar surface area (TPSA) is 96.8 Å². The average Bonchev–Trinajstić information content (AvgIpc) is 3.24. The Balaban J connectivity index is 1.43. The first-order valence-electron chi connectivity index (χ1n) is 10.9. The quantitative estimate of drug-likeness (QED) is 0.500. The van der Waals surface area contributed by atoms with Crippen molar-refractivity contribution in [1.82, 2.24) is 29.9 Å². The van der Waals surface area contributed by atoms with Crippen molar-refractivity contribution in [2.75, 3.05) is 13.1 Å². The van der Waals surface area contributed by atoms with Crippen molar-refractivity contribution in [1.29, 1.82) is 0 Å². The van der Waals surface area contributed by atoms with Crippen LogP contribution in [0.15, 0.2) is 53.3 Å². The van der Waals surface area contributed by atoms with Gasteiger partial charge in [0.25, 0.3) is 11.5 Å². The van der Waals surface area contributed by atoms with E-state index in [0.29, 0.717) is 41.7 Å². The molecule has 1 saturated heterocycles. The van der Waals surface area contributed by atoms with Crippen LogP contribution in [0.5, 0.6) is 0 Å². The van der Waals surface area contributed by atoms with E-state index in [0.717, 1.165) is 24.0 Å². The lowest BCUT2D eigenvalue weighted by molar-refractivity contribution is 0.0704. The van der Waals surface area contributed by atoms with E-state index in [4.69, 9.17) is 16.6 Å². The Hall–Kier alpha value is -3.52. The SMILES string of the molecule is Cc1ccc(C(=O)N2CCC[C@H](c3nc4c(nnn4Cc4ccccc4Cl)c(=O)[nH]3)C2)cc1. The number of carbonyl (C=O) groups is 1. The lowest BCUT2D eigenvalue weighted by atomic mass is 9.96. The molecule has 2 aromatic heterocycles. The predicted molar refractivity (Wildman–Crippen MR) is 126 cm³/mol. The Bertz CT molecular complexity index is 1380. The van der Waals surface area contributed by atoms with Gasteiger partial charge in [-0.15, -0.1) is 5.10 Å². The highest BCUT2D eigenvalue weighted by Gasteiger charge is 2.28. The minimum Gasteiger partial charge on any atom is -0.338 e. The first-order chi connectivity index (χ1) is 16.0. The number of aromatic nitrogens is 5. The normalized spacial score (nSPS) is 16.3. The molecule has 0 unspecified atom stereocenters. The molecule has 168 valence electrons. The molecule has 9 heteroatoms. The molecule has 5 rings (SSSR count). The minimum absolute atomic E-state index is 0.00597. The van der Waals surface area contributed by atoms with Crippen molar-refractivity contribution in [3.8, 4) is 0 Å². The molecule has 1 atom stereocenters. The van der Waals surface area contributed by atoms with E-state index < -0.39 is 0 Å². The van der Waals surface area contributed by atoms with E-state index in [1.54, 1.807) is 4.68 Å². The number of hydrogen-bond donors (Lipinski definition) is 1. The van der Waals surface area contributed by atoms with Gasteiger partial charge < -0.3 is 9.88 Å². The van der Waals surface area contributed by atoms with Gasteiger partial charge in [-0.2, -0.15) is 0 Å². The Labute approximate surface area is 195 Å². The number of H-pyrrole nitrogens is 1. The number of hydrogen-bond acceptors (Lipinski definition) is 5. The van der Waals surface area contributed by atoms with Gasteiger partial charge in [-0.05, 0) is 43.5 Å². The minimum atomic E-state index is -0.331. The van der Waals surface area contributed by atoms with E-state index in [-0.39, 0.29) is 22.9 Å². The largest absolute Gasteiger partial charge is 0.338 e. The van der Waals surface area contributed by atoms with Gasteiger partial charge in [-0.3, -0.25) is 9.59 Å². The number of benzene rings is 2. The summed E-state index contributed by atoms with van der Waals surface area (Å²) in [5, 5.41) is 8.76. The molecule has 3 heterocycles. The van der Waals surface area contributed by atoms with Crippen LogP contribution in [-0.4, -0.2) is 48.9 Å². The van der Waals surface area contributed by atoms with E-state index in [1.807, 2.05) is 60.4 Å². The molecule has 2 aromatic carbocycles. The van der Waals surface area contributed by atoms with Gasteiger partial charge in [0.1, 0.15) is 5.82 Å². The van der Waals surface area contributed by atoms with Crippen molar-refractivity contribution in [3.05, 3.63) is 86.4 Å². The zero-order chi connectivity index (χ0) is 22.9. The number of aryl methyl sites for hydroxylation is 1. The summed E-state index contributed by atoms with van der Waals surface area (Å²) in [5.74, 6) is 0.471. The molecule has 0 saturated carbocycles. The Kier molecular flexibility index (Phi) is 5.68. The molecular weight excluding hydrogens is 440 g/mol. The molecule has 1 aliphatic heterocycles. The molecular formula is C24H23ClN6O2. The maximum Gasteiger partial charge on any atom is 0.281 e. The number of amides is 1. The van der Waals surface area contributed by atoms with Crippen LogP contribution < -0.4 is 5.56 Å². The summed E-state index contributed by atoms with van der Waals surface area (Å²) >= 11 is 6.29. The highest BCUT2D eigenvalue weighted by Crippen LogP contribution is 2.26. The fourth-order valence-corrected chi connectivity index (χ4v) is 4.43. The van der Waals surface area contributed by atoms with Crippen LogP contribution >= 0.6 is 11.6 Å². The number of aromatic amines is 1. The first-order valence-corrected chi connectivity index (χ1v) is 11.3. The predicted octanol–water partition coefficient (Wildman–Crippen LogP) is 3.54. The van der Waals surface area contributed by atoms with Crippen LogP contribution in [0.3, 0.4) is 0 Å². The number of halogens is 1. The molecule has 33 heavy (non-hydrogen) atoms. The second kappa shape index (κ2) is 8.78. The first kappa shape index (κ1) is 21.3. The zero-order valence-corrected chi connectivity index (χ0v) is 18.9. The van der Waals surface area contributed by atoms with Gasteiger partial charge >= 0.3 is 0 Å². The summed E-state index contributed by atoms with van der Waals surface area (Å²) in [7, 11) is 0. The average molecular weight is 463 g/mol. The van der Waals surface area contributed by atoms with Crippen LogP contribution in [0, 0.1) is 6.92 Å². The Morgan fingerprint density at radius 3 is 2.76 bits per heavy atom. The molecule has 1 N–H and O–H groups in total. The van der Waals surface area contributed by atoms with Crippen molar-refractivity contribution in [2.45, 2.75) is 32.2 Å². The maximum atomic E-state index is 13.0. The van der Waals surface area contributed by atoms with Gasteiger partial charge in [0.05, 0.1) is 6.54 Å². The Morgan fingerprint density at radius 1 is 1.18 bits per heavy atom. The molecule has 4 aromatic rings.